The lowest BCUT2D eigenvalue weighted by atomic mass is 10.3. The normalized spacial score (nSPS) is 11.2. The minimum Gasteiger partial charge on any atom is -0.487 e. The van der Waals surface area contributed by atoms with Crippen LogP contribution in [-0.2, 0) is 14.9 Å². The Morgan fingerprint density at radius 1 is 1.25 bits per heavy atom. The zero-order valence-corrected chi connectivity index (χ0v) is 16.0. The third-order valence-corrected chi connectivity index (χ3v) is 6.18. The van der Waals surface area contributed by atoms with Crippen LogP contribution < -0.4 is 14.2 Å². The van der Waals surface area contributed by atoms with Gasteiger partial charge < -0.3 is 23.7 Å². The first kappa shape index (κ1) is 19.4. The number of fused-ring (bicyclic) bond motifs is 1. The summed E-state index contributed by atoms with van der Waals surface area (Å²) in [7, 11) is -1.86. The number of nitrogens with one attached hydrogen (secondary N) is 2. The third-order valence-electron chi connectivity index (χ3n) is 3.40. The second kappa shape index (κ2) is 7.36. The van der Waals surface area contributed by atoms with E-state index in [4.69, 9.17) is 14.0 Å². The van der Waals surface area contributed by atoms with Crippen molar-refractivity contribution in [3.05, 3.63) is 29.8 Å². The predicted octanol–water partition coefficient (Wildman–Crippen LogP) is 2.28. The van der Waals surface area contributed by atoms with E-state index in [1.165, 1.54) is 32.4 Å². The van der Waals surface area contributed by atoms with Gasteiger partial charge in [-0.15, -0.1) is 0 Å². The van der Waals surface area contributed by atoms with Crippen LogP contribution >= 0.6 is 11.3 Å². The van der Waals surface area contributed by atoms with Crippen molar-refractivity contribution in [2.75, 3.05) is 19.5 Å². The maximum Gasteiger partial charge on any atom is 0.413 e. The van der Waals surface area contributed by atoms with Gasteiger partial charge in [-0.2, -0.15) is 8.42 Å². The second-order valence-corrected chi connectivity index (χ2v) is 7.98. The first-order valence-electron chi connectivity index (χ1n) is 7.44. The standard InChI is InChI=1S/C15H13N3O8S2/c1-24-13-8(12(19)20)6-11(27-13)28(22,23)26-7-3-4-9-10(5-7)17-14(16-9)18-15(21)25-2/h3-6H,1-2H3,(H,19,20)(H2,16,17,18,21). The molecule has 1 aromatic carbocycles. The maximum atomic E-state index is 12.5. The molecular formula is C15H13N3O8S2. The molecule has 3 N–H and O–H groups in total. The van der Waals surface area contributed by atoms with Crippen LogP contribution in [0.2, 0.25) is 0 Å². The van der Waals surface area contributed by atoms with E-state index in [9.17, 15) is 18.0 Å². The van der Waals surface area contributed by atoms with Gasteiger partial charge in [0.05, 0.1) is 25.3 Å². The Balaban J connectivity index is 1.88. The summed E-state index contributed by atoms with van der Waals surface area (Å²) in [4.78, 5) is 29.3. The SMILES string of the molecule is COC(=O)Nc1nc2ccc(OS(=O)(=O)c3cc(C(=O)O)c(OC)s3)cc2[nH]1. The highest BCUT2D eigenvalue weighted by Crippen LogP contribution is 2.35. The van der Waals surface area contributed by atoms with E-state index in [-0.39, 0.29) is 26.5 Å². The summed E-state index contributed by atoms with van der Waals surface area (Å²) >= 11 is 0.634. The zero-order chi connectivity index (χ0) is 20.5. The molecule has 0 fully saturated rings. The number of aromatic carboxylic acids is 1. The van der Waals surface area contributed by atoms with Crippen LogP contribution in [0.5, 0.6) is 10.8 Å². The fourth-order valence-electron chi connectivity index (χ4n) is 2.19. The number of aromatic nitrogens is 2. The number of carboxylic acid groups (broad SMARTS) is 1. The number of carboxylic acids is 1. The van der Waals surface area contributed by atoms with Gasteiger partial charge in [0, 0.05) is 6.07 Å². The molecule has 0 spiro atoms. The number of carbonyl (C=O) groups excluding carboxylic acids is 1. The van der Waals surface area contributed by atoms with Crippen molar-refractivity contribution in [3.8, 4) is 10.8 Å². The van der Waals surface area contributed by atoms with Crippen molar-refractivity contribution in [2.45, 2.75) is 4.21 Å². The number of thiophene rings is 1. The number of rotatable bonds is 6. The molecule has 2 aromatic heterocycles. The van der Waals surface area contributed by atoms with Crippen molar-refractivity contribution >= 4 is 50.5 Å². The van der Waals surface area contributed by atoms with Gasteiger partial charge in [0.2, 0.25) is 5.95 Å². The van der Waals surface area contributed by atoms with Crippen molar-refractivity contribution in [2.24, 2.45) is 0 Å². The number of amides is 1. The number of carbonyl (C=O) groups is 2. The van der Waals surface area contributed by atoms with E-state index >= 15 is 0 Å². The number of benzene rings is 1. The number of H-pyrrole nitrogens is 1. The molecule has 3 aromatic rings. The highest BCUT2D eigenvalue weighted by Gasteiger charge is 2.26. The van der Waals surface area contributed by atoms with E-state index in [0.717, 1.165) is 6.07 Å². The molecule has 148 valence electrons. The van der Waals surface area contributed by atoms with Crippen molar-refractivity contribution < 1.29 is 36.8 Å². The van der Waals surface area contributed by atoms with Crippen molar-refractivity contribution in [1.82, 2.24) is 9.97 Å². The highest BCUT2D eigenvalue weighted by atomic mass is 32.3. The monoisotopic (exact) mass is 427 g/mol. The molecule has 1 amide bonds. The number of methoxy groups -OCH3 is 2. The van der Waals surface area contributed by atoms with E-state index < -0.39 is 22.2 Å². The summed E-state index contributed by atoms with van der Waals surface area (Å²) in [5, 5.41) is 11.4. The number of hydrogen-bond acceptors (Lipinski definition) is 9. The summed E-state index contributed by atoms with van der Waals surface area (Å²) in [5.41, 5.74) is 0.563. The number of imidazole rings is 1. The van der Waals surface area contributed by atoms with Gasteiger partial charge in [-0.3, -0.25) is 5.32 Å². The van der Waals surface area contributed by atoms with Crippen LogP contribution in [0.1, 0.15) is 10.4 Å². The van der Waals surface area contributed by atoms with Crippen LogP contribution in [0, 0.1) is 0 Å². The second-order valence-electron chi connectivity index (χ2n) is 5.19. The minimum atomic E-state index is -4.29. The van der Waals surface area contributed by atoms with Gasteiger partial charge in [0.1, 0.15) is 11.3 Å². The van der Waals surface area contributed by atoms with E-state index in [1.807, 2.05) is 0 Å². The average Bonchev–Trinajstić information content (AvgIpc) is 3.24. The molecule has 0 aliphatic heterocycles. The Labute approximate surface area is 162 Å². The topological polar surface area (TPSA) is 157 Å². The molecule has 0 atom stereocenters. The summed E-state index contributed by atoms with van der Waals surface area (Å²) < 4.78 is 39.1. The largest absolute Gasteiger partial charge is 0.487 e. The summed E-state index contributed by atoms with van der Waals surface area (Å²) in [6.45, 7) is 0. The number of hydrogen-bond donors (Lipinski definition) is 3. The lowest BCUT2D eigenvalue weighted by molar-refractivity contribution is 0.0694. The molecular weight excluding hydrogens is 414 g/mol. The Bertz CT molecular complexity index is 1170. The number of nitrogens with zero attached hydrogens (tertiary/aromatic N) is 1. The fraction of sp³-hybridized carbons (Fsp3) is 0.133. The first-order valence-corrected chi connectivity index (χ1v) is 9.66. The lowest BCUT2D eigenvalue weighted by Crippen LogP contribution is -2.11. The van der Waals surface area contributed by atoms with Gasteiger partial charge in [0.15, 0.2) is 9.27 Å². The summed E-state index contributed by atoms with van der Waals surface area (Å²) in [6, 6.07) is 5.18. The Kier molecular flexibility index (Phi) is 5.11. The molecule has 0 saturated carbocycles. The summed E-state index contributed by atoms with van der Waals surface area (Å²) in [6.07, 6.45) is -0.723. The van der Waals surface area contributed by atoms with Gasteiger partial charge in [-0.1, -0.05) is 11.3 Å². The quantitative estimate of drug-likeness (QED) is 0.502. The van der Waals surface area contributed by atoms with E-state index in [0.29, 0.717) is 22.4 Å². The smallest absolute Gasteiger partial charge is 0.413 e. The van der Waals surface area contributed by atoms with Crippen LogP contribution in [0.3, 0.4) is 0 Å². The Morgan fingerprint density at radius 3 is 2.61 bits per heavy atom. The number of ether oxygens (including phenoxy) is 2. The molecule has 28 heavy (non-hydrogen) atoms. The van der Waals surface area contributed by atoms with Crippen LogP contribution in [0.15, 0.2) is 28.5 Å². The maximum absolute atomic E-state index is 12.5. The minimum absolute atomic E-state index is 0.0370. The van der Waals surface area contributed by atoms with Gasteiger partial charge >= 0.3 is 22.2 Å². The van der Waals surface area contributed by atoms with Crippen LogP contribution in [0.25, 0.3) is 11.0 Å². The molecule has 11 nitrogen and oxygen atoms in total. The number of anilines is 1. The predicted molar refractivity (Wildman–Crippen MR) is 97.8 cm³/mol. The Hall–Kier alpha value is -3.32. The molecule has 0 aliphatic carbocycles. The zero-order valence-electron chi connectivity index (χ0n) is 14.4. The molecule has 2 heterocycles. The molecule has 0 saturated heterocycles. The first-order chi connectivity index (χ1) is 13.2. The number of aromatic amines is 1. The lowest BCUT2D eigenvalue weighted by Gasteiger charge is -2.04. The molecule has 0 radical (unpaired) electrons. The molecule has 0 bridgehead atoms. The van der Waals surface area contributed by atoms with Crippen molar-refractivity contribution in [1.29, 1.82) is 0 Å². The van der Waals surface area contributed by atoms with Gasteiger partial charge in [-0.25, -0.2) is 14.6 Å². The van der Waals surface area contributed by atoms with Crippen LogP contribution in [-0.4, -0.2) is 49.8 Å². The van der Waals surface area contributed by atoms with E-state index in [1.54, 1.807) is 0 Å². The van der Waals surface area contributed by atoms with Crippen LogP contribution in [0.4, 0.5) is 10.7 Å². The van der Waals surface area contributed by atoms with Gasteiger partial charge in [0.25, 0.3) is 0 Å². The fourth-order valence-corrected chi connectivity index (χ4v) is 4.33. The Morgan fingerprint density at radius 2 is 2.00 bits per heavy atom. The molecule has 3 rings (SSSR count). The summed E-state index contributed by atoms with van der Waals surface area (Å²) in [5.74, 6) is -1.25. The molecule has 0 unspecified atom stereocenters. The molecule has 0 aliphatic rings. The highest BCUT2D eigenvalue weighted by molar-refractivity contribution is 7.89. The average molecular weight is 427 g/mol. The van der Waals surface area contributed by atoms with Crippen molar-refractivity contribution in [3.63, 3.8) is 0 Å². The van der Waals surface area contributed by atoms with Gasteiger partial charge in [-0.05, 0) is 18.2 Å². The van der Waals surface area contributed by atoms with E-state index in [2.05, 4.69) is 20.0 Å². The third kappa shape index (κ3) is 3.84. The molecule has 13 heteroatoms.